The maximum absolute atomic E-state index is 12.5. The van der Waals surface area contributed by atoms with Crippen molar-refractivity contribution in [2.24, 2.45) is 5.73 Å². The van der Waals surface area contributed by atoms with Crippen LogP contribution in [0.1, 0.15) is 33.9 Å². The summed E-state index contributed by atoms with van der Waals surface area (Å²) in [5.41, 5.74) is 8.37. The molecule has 9 nitrogen and oxygen atoms in total. The Bertz CT molecular complexity index is 1040. The number of pyridine rings is 1. The minimum atomic E-state index is -0.747. The Hall–Kier alpha value is -4.11. The summed E-state index contributed by atoms with van der Waals surface area (Å²) in [6, 6.07) is 17.7. The summed E-state index contributed by atoms with van der Waals surface area (Å²) < 4.78 is 0. The molecule has 0 aliphatic heterocycles. The molecule has 0 aliphatic rings. The van der Waals surface area contributed by atoms with Crippen LogP contribution in [0.3, 0.4) is 0 Å². The lowest BCUT2D eigenvalue weighted by atomic mass is 10.0. The zero-order valence-corrected chi connectivity index (χ0v) is 16.5. The third-order valence-electron chi connectivity index (χ3n) is 4.59. The fraction of sp³-hybridized carbons (Fsp3) is 0.136. The van der Waals surface area contributed by atoms with Crippen LogP contribution in [0.2, 0.25) is 0 Å². The van der Waals surface area contributed by atoms with Crippen molar-refractivity contribution in [1.82, 2.24) is 9.99 Å². The number of hydrazine groups is 1. The molecule has 3 aromatic rings. The molecule has 0 saturated heterocycles. The first-order chi connectivity index (χ1) is 14.9. The molecule has 3 N–H and O–H groups in total. The van der Waals surface area contributed by atoms with Gasteiger partial charge >= 0.3 is 0 Å². The molecule has 0 radical (unpaired) electrons. The predicted molar refractivity (Wildman–Crippen MR) is 114 cm³/mol. The molecule has 2 aromatic carbocycles. The molecule has 0 spiro atoms. The summed E-state index contributed by atoms with van der Waals surface area (Å²) in [6.07, 6.45) is 2.90. The second kappa shape index (κ2) is 10.1. The number of nitro groups is 1. The highest BCUT2D eigenvalue weighted by atomic mass is 16.7. The van der Waals surface area contributed by atoms with Crippen LogP contribution >= 0.6 is 0 Å². The van der Waals surface area contributed by atoms with E-state index in [2.05, 4.69) is 10.3 Å². The second-order valence-corrected chi connectivity index (χ2v) is 6.80. The lowest BCUT2D eigenvalue weighted by Crippen LogP contribution is -2.37. The van der Waals surface area contributed by atoms with Gasteiger partial charge in [0.2, 0.25) is 0 Å². The number of amides is 2. The molecule has 31 heavy (non-hydrogen) atoms. The fourth-order valence-electron chi connectivity index (χ4n) is 2.92. The molecule has 158 valence electrons. The van der Waals surface area contributed by atoms with E-state index >= 15 is 0 Å². The van der Waals surface area contributed by atoms with Gasteiger partial charge in [0.25, 0.3) is 11.8 Å². The maximum atomic E-state index is 12.5. The third-order valence-corrected chi connectivity index (χ3v) is 4.59. The molecule has 9 heteroatoms. The van der Waals surface area contributed by atoms with Gasteiger partial charge in [0.05, 0.1) is 6.42 Å². The van der Waals surface area contributed by atoms with Crippen LogP contribution in [0, 0.1) is 10.1 Å². The minimum Gasteiger partial charge on any atom is -0.324 e. The number of anilines is 1. The first-order valence-corrected chi connectivity index (χ1v) is 9.49. The minimum absolute atomic E-state index is 0.145. The van der Waals surface area contributed by atoms with E-state index in [1.54, 1.807) is 79.1 Å². The topological polar surface area (TPSA) is 131 Å². The van der Waals surface area contributed by atoms with Gasteiger partial charge in [0, 0.05) is 29.7 Å². The monoisotopic (exact) mass is 419 g/mol. The molecule has 1 aromatic heterocycles. The van der Waals surface area contributed by atoms with E-state index in [1.807, 2.05) is 0 Å². The second-order valence-electron chi connectivity index (χ2n) is 6.80. The molecule has 0 aliphatic carbocycles. The smallest absolute Gasteiger partial charge is 0.285 e. The average molecular weight is 419 g/mol. The number of nitrogens with two attached hydrogens (primary N) is 1. The first kappa shape index (κ1) is 21.6. The van der Waals surface area contributed by atoms with Crippen molar-refractivity contribution in [3.63, 3.8) is 0 Å². The number of hydrogen-bond donors (Lipinski definition) is 2. The third kappa shape index (κ3) is 5.94. The molecule has 1 atom stereocenters. The van der Waals surface area contributed by atoms with Gasteiger partial charge in [-0.25, -0.2) is 10.1 Å². The summed E-state index contributed by atoms with van der Waals surface area (Å²) in [7, 11) is 0. The highest BCUT2D eigenvalue weighted by molar-refractivity contribution is 6.04. The summed E-state index contributed by atoms with van der Waals surface area (Å²) in [6.45, 7) is -0.145. The molecule has 0 fully saturated rings. The van der Waals surface area contributed by atoms with Crippen LogP contribution in [0.15, 0.2) is 79.1 Å². The van der Waals surface area contributed by atoms with Crippen molar-refractivity contribution >= 4 is 17.5 Å². The number of rotatable bonds is 8. The van der Waals surface area contributed by atoms with E-state index < -0.39 is 17.0 Å². The van der Waals surface area contributed by atoms with Crippen molar-refractivity contribution in [3.8, 4) is 0 Å². The van der Waals surface area contributed by atoms with Crippen LogP contribution < -0.4 is 11.1 Å². The molecular formula is C22H21N5O4. The van der Waals surface area contributed by atoms with Gasteiger partial charge in [-0.3, -0.25) is 14.6 Å². The standard InChI is InChI=1S/C22H21N5O4/c23-20(14-21(28)26(27(30)31)15-16-4-2-1-3-5-16)17-6-8-18(9-7-17)22(29)25-19-10-12-24-13-11-19/h1-13,20H,14-15,23H2,(H,24,25,29). The van der Waals surface area contributed by atoms with E-state index in [9.17, 15) is 19.7 Å². The molecule has 0 saturated carbocycles. The van der Waals surface area contributed by atoms with Crippen molar-refractivity contribution in [3.05, 3.63) is 106 Å². The predicted octanol–water partition coefficient (Wildman–Crippen LogP) is 2.94. The Morgan fingerprint density at radius 2 is 1.68 bits per heavy atom. The molecule has 1 heterocycles. The number of nitrogens with one attached hydrogen (secondary N) is 1. The molecule has 0 bridgehead atoms. The normalized spacial score (nSPS) is 11.4. The highest BCUT2D eigenvalue weighted by Crippen LogP contribution is 2.18. The van der Waals surface area contributed by atoms with Gasteiger partial charge in [-0.1, -0.05) is 47.5 Å². The molecule has 2 amide bonds. The Labute approximate surface area is 178 Å². The van der Waals surface area contributed by atoms with Crippen LogP contribution in [0.25, 0.3) is 0 Å². The lowest BCUT2D eigenvalue weighted by molar-refractivity contribution is -0.638. The quantitative estimate of drug-likeness (QED) is 0.426. The molecule has 3 rings (SSSR count). The summed E-state index contributed by atoms with van der Waals surface area (Å²) >= 11 is 0. The Morgan fingerprint density at radius 3 is 2.29 bits per heavy atom. The Balaban J connectivity index is 1.62. The van der Waals surface area contributed by atoms with Gasteiger partial charge in [0.15, 0.2) is 5.03 Å². The van der Waals surface area contributed by atoms with Crippen LogP contribution in [0.4, 0.5) is 5.69 Å². The van der Waals surface area contributed by atoms with Crippen molar-refractivity contribution in [2.45, 2.75) is 19.0 Å². The van der Waals surface area contributed by atoms with Gasteiger partial charge < -0.3 is 11.1 Å². The zero-order valence-electron chi connectivity index (χ0n) is 16.5. The van der Waals surface area contributed by atoms with E-state index in [1.165, 1.54) is 0 Å². The molecular weight excluding hydrogens is 398 g/mol. The number of carbonyl (C=O) groups is 2. The summed E-state index contributed by atoms with van der Waals surface area (Å²) in [4.78, 5) is 40.0. The van der Waals surface area contributed by atoms with Gasteiger partial charge in [-0.2, -0.15) is 0 Å². The van der Waals surface area contributed by atoms with Crippen molar-refractivity contribution in [2.75, 3.05) is 5.32 Å². The van der Waals surface area contributed by atoms with E-state index in [4.69, 9.17) is 5.73 Å². The number of benzene rings is 2. The van der Waals surface area contributed by atoms with Crippen LogP contribution in [0.5, 0.6) is 0 Å². The number of carbonyl (C=O) groups excluding carboxylic acids is 2. The Morgan fingerprint density at radius 1 is 1.03 bits per heavy atom. The largest absolute Gasteiger partial charge is 0.324 e. The zero-order chi connectivity index (χ0) is 22.2. The van der Waals surface area contributed by atoms with Crippen LogP contribution in [-0.2, 0) is 11.3 Å². The number of nitrogens with zero attached hydrogens (tertiary/aromatic N) is 3. The van der Waals surface area contributed by atoms with Gasteiger partial charge in [-0.15, -0.1) is 0 Å². The lowest BCUT2D eigenvalue weighted by Gasteiger charge is -2.16. The van der Waals surface area contributed by atoms with Gasteiger partial charge in [0.1, 0.15) is 6.54 Å². The Kier molecular flexibility index (Phi) is 7.02. The summed E-state index contributed by atoms with van der Waals surface area (Å²) in [5.74, 6) is -0.995. The fourth-order valence-corrected chi connectivity index (χ4v) is 2.92. The van der Waals surface area contributed by atoms with E-state index in [-0.39, 0.29) is 18.9 Å². The average Bonchev–Trinajstić information content (AvgIpc) is 2.78. The summed E-state index contributed by atoms with van der Waals surface area (Å²) in [5, 5.41) is 13.9. The molecule has 1 unspecified atom stereocenters. The van der Waals surface area contributed by atoms with Crippen molar-refractivity contribution < 1.29 is 14.6 Å². The first-order valence-electron chi connectivity index (χ1n) is 9.49. The highest BCUT2D eigenvalue weighted by Gasteiger charge is 2.26. The van der Waals surface area contributed by atoms with Gasteiger partial charge in [-0.05, 0) is 35.4 Å². The van der Waals surface area contributed by atoms with Crippen molar-refractivity contribution in [1.29, 1.82) is 0 Å². The number of aromatic nitrogens is 1. The number of hydrogen-bond acceptors (Lipinski definition) is 6. The SMILES string of the molecule is NC(CC(=O)N(Cc1ccccc1)[N+](=O)[O-])c1ccc(C(=O)Nc2ccncc2)cc1. The maximum Gasteiger partial charge on any atom is 0.285 e. The van der Waals surface area contributed by atoms with E-state index in [0.717, 1.165) is 0 Å². The van der Waals surface area contributed by atoms with Crippen LogP contribution in [-0.4, -0.2) is 26.8 Å². The van der Waals surface area contributed by atoms with E-state index in [0.29, 0.717) is 27.4 Å².